The summed E-state index contributed by atoms with van der Waals surface area (Å²) in [5, 5.41) is 0. The Hall–Kier alpha value is -1.15. The molecule has 0 bridgehead atoms. The SMILES string of the molecule is Fc1ccccc1/C=C/C1CCCO1. The highest BCUT2D eigenvalue weighted by atomic mass is 19.1. The maximum atomic E-state index is 13.2. The number of rotatable bonds is 2. The van der Waals surface area contributed by atoms with Gasteiger partial charge >= 0.3 is 0 Å². The van der Waals surface area contributed by atoms with E-state index >= 15 is 0 Å². The van der Waals surface area contributed by atoms with Gasteiger partial charge in [0.25, 0.3) is 0 Å². The first kappa shape index (κ1) is 9.41. The van der Waals surface area contributed by atoms with Gasteiger partial charge in [0.05, 0.1) is 6.10 Å². The summed E-state index contributed by atoms with van der Waals surface area (Å²) in [6.45, 7) is 0.826. The smallest absolute Gasteiger partial charge is 0.130 e. The van der Waals surface area contributed by atoms with Crippen LogP contribution in [0.2, 0.25) is 0 Å². The summed E-state index contributed by atoms with van der Waals surface area (Å²) in [7, 11) is 0. The molecule has 2 heteroatoms. The highest BCUT2D eigenvalue weighted by molar-refractivity contribution is 5.50. The molecule has 0 N–H and O–H groups in total. The largest absolute Gasteiger partial charge is 0.374 e. The third kappa shape index (κ3) is 2.20. The second-order valence-electron chi connectivity index (χ2n) is 3.43. The molecule has 1 aromatic rings. The Morgan fingerprint density at radius 3 is 2.93 bits per heavy atom. The van der Waals surface area contributed by atoms with Crippen molar-refractivity contribution in [3.63, 3.8) is 0 Å². The van der Waals surface area contributed by atoms with Gasteiger partial charge in [-0.05, 0) is 18.9 Å². The molecule has 14 heavy (non-hydrogen) atoms. The van der Waals surface area contributed by atoms with Crippen molar-refractivity contribution >= 4 is 6.08 Å². The Morgan fingerprint density at radius 2 is 2.21 bits per heavy atom. The Bertz CT molecular complexity index is 327. The Balaban J connectivity index is 2.06. The summed E-state index contributed by atoms with van der Waals surface area (Å²) in [5.41, 5.74) is 0.628. The third-order valence-electron chi connectivity index (χ3n) is 2.36. The van der Waals surface area contributed by atoms with Crippen LogP contribution in [-0.2, 0) is 4.74 Å². The van der Waals surface area contributed by atoms with Gasteiger partial charge in [0.2, 0.25) is 0 Å². The summed E-state index contributed by atoms with van der Waals surface area (Å²) < 4.78 is 18.6. The van der Waals surface area contributed by atoms with E-state index in [2.05, 4.69) is 0 Å². The van der Waals surface area contributed by atoms with E-state index in [1.165, 1.54) is 6.07 Å². The van der Waals surface area contributed by atoms with Gasteiger partial charge in [-0.25, -0.2) is 4.39 Å². The third-order valence-corrected chi connectivity index (χ3v) is 2.36. The van der Waals surface area contributed by atoms with Crippen LogP contribution in [0.15, 0.2) is 30.3 Å². The Morgan fingerprint density at radius 1 is 1.36 bits per heavy atom. The fourth-order valence-corrected chi connectivity index (χ4v) is 1.58. The van der Waals surface area contributed by atoms with Crippen molar-refractivity contribution in [2.75, 3.05) is 6.61 Å². The van der Waals surface area contributed by atoms with E-state index in [1.807, 2.05) is 12.1 Å². The molecule has 1 nitrogen and oxygen atoms in total. The van der Waals surface area contributed by atoms with Crippen molar-refractivity contribution in [1.82, 2.24) is 0 Å². The summed E-state index contributed by atoms with van der Waals surface area (Å²) in [4.78, 5) is 0. The lowest BCUT2D eigenvalue weighted by atomic mass is 10.1. The van der Waals surface area contributed by atoms with Crippen LogP contribution >= 0.6 is 0 Å². The predicted octanol–water partition coefficient (Wildman–Crippen LogP) is 3.02. The summed E-state index contributed by atoms with van der Waals surface area (Å²) >= 11 is 0. The average Bonchev–Trinajstić information content (AvgIpc) is 2.69. The van der Waals surface area contributed by atoms with E-state index in [0.717, 1.165) is 19.4 Å². The summed E-state index contributed by atoms with van der Waals surface area (Å²) in [5.74, 6) is -0.179. The molecule has 0 radical (unpaired) electrons. The first-order valence-electron chi connectivity index (χ1n) is 4.90. The van der Waals surface area contributed by atoms with Crippen LogP contribution < -0.4 is 0 Å². The molecule has 1 aliphatic rings. The van der Waals surface area contributed by atoms with E-state index in [-0.39, 0.29) is 11.9 Å². The first-order valence-corrected chi connectivity index (χ1v) is 4.90. The second-order valence-corrected chi connectivity index (χ2v) is 3.43. The molecule has 0 aliphatic carbocycles. The molecule has 74 valence electrons. The van der Waals surface area contributed by atoms with Crippen LogP contribution in [0.5, 0.6) is 0 Å². The highest BCUT2D eigenvalue weighted by Gasteiger charge is 2.11. The van der Waals surface area contributed by atoms with Crippen molar-refractivity contribution in [2.24, 2.45) is 0 Å². The zero-order valence-corrected chi connectivity index (χ0v) is 7.95. The van der Waals surface area contributed by atoms with Gasteiger partial charge in [0.15, 0.2) is 0 Å². The van der Waals surface area contributed by atoms with Gasteiger partial charge in [-0.15, -0.1) is 0 Å². The molecule has 1 saturated heterocycles. The van der Waals surface area contributed by atoms with Gasteiger partial charge in [-0.2, -0.15) is 0 Å². The molecule has 2 rings (SSSR count). The van der Waals surface area contributed by atoms with Gasteiger partial charge in [0, 0.05) is 12.2 Å². The van der Waals surface area contributed by atoms with E-state index in [0.29, 0.717) is 5.56 Å². The minimum atomic E-state index is -0.179. The molecule has 0 aromatic heterocycles. The van der Waals surface area contributed by atoms with E-state index in [1.54, 1.807) is 18.2 Å². The van der Waals surface area contributed by atoms with Crippen LogP contribution in [0.3, 0.4) is 0 Å². The lowest BCUT2D eigenvalue weighted by Crippen LogP contribution is -1.98. The average molecular weight is 192 g/mol. The molecule has 1 aliphatic heterocycles. The topological polar surface area (TPSA) is 9.23 Å². The van der Waals surface area contributed by atoms with E-state index < -0.39 is 0 Å². The number of ether oxygens (including phenoxy) is 1. The number of hydrogen-bond donors (Lipinski definition) is 0. The Kier molecular flexibility index (Phi) is 2.94. The standard InChI is InChI=1S/C12H13FO/c13-12-6-2-1-4-10(12)7-8-11-5-3-9-14-11/h1-2,4,6-8,11H,3,5,9H2/b8-7+. The predicted molar refractivity (Wildman–Crippen MR) is 54.4 cm³/mol. The molecular weight excluding hydrogens is 179 g/mol. The molecule has 1 heterocycles. The summed E-state index contributed by atoms with van der Waals surface area (Å²) in [6.07, 6.45) is 6.06. The fraction of sp³-hybridized carbons (Fsp3) is 0.333. The van der Waals surface area contributed by atoms with Crippen molar-refractivity contribution < 1.29 is 9.13 Å². The molecule has 0 saturated carbocycles. The maximum absolute atomic E-state index is 13.2. The molecule has 0 amide bonds. The molecule has 1 atom stereocenters. The number of benzene rings is 1. The fourth-order valence-electron chi connectivity index (χ4n) is 1.58. The van der Waals surface area contributed by atoms with Crippen LogP contribution in [0.25, 0.3) is 6.08 Å². The quantitative estimate of drug-likeness (QED) is 0.699. The van der Waals surface area contributed by atoms with Crippen molar-refractivity contribution in [3.8, 4) is 0 Å². The minimum Gasteiger partial charge on any atom is -0.374 e. The molecular formula is C12H13FO. The molecule has 0 spiro atoms. The molecule has 1 fully saturated rings. The van der Waals surface area contributed by atoms with Gasteiger partial charge in [-0.3, -0.25) is 0 Å². The summed E-state index contributed by atoms with van der Waals surface area (Å²) in [6, 6.07) is 6.76. The zero-order chi connectivity index (χ0) is 9.80. The lowest BCUT2D eigenvalue weighted by molar-refractivity contribution is 0.146. The van der Waals surface area contributed by atoms with Gasteiger partial charge in [-0.1, -0.05) is 30.4 Å². The normalized spacial score (nSPS) is 21.9. The van der Waals surface area contributed by atoms with E-state index in [9.17, 15) is 4.39 Å². The van der Waals surface area contributed by atoms with Crippen LogP contribution in [0.1, 0.15) is 18.4 Å². The molecule has 1 aromatic carbocycles. The maximum Gasteiger partial charge on any atom is 0.130 e. The van der Waals surface area contributed by atoms with Crippen molar-refractivity contribution in [3.05, 3.63) is 41.7 Å². The number of hydrogen-bond acceptors (Lipinski definition) is 1. The zero-order valence-electron chi connectivity index (χ0n) is 7.95. The van der Waals surface area contributed by atoms with Gasteiger partial charge < -0.3 is 4.74 Å². The van der Waals surface area contributed by atoms with Crippen molar-refractivity contribution in [2.45, 2.75) is 18.9 Å². The minimum absolute atomic E-state index is 0.176. The van der Waals surface area contributed by atoms with Crippen LogP contribution in [0, 0.1) is 5.82 Å². The van der Waals surface area contributed by atoms with Crippen molar-refractivity contribution in [1.29, 1.82) is 0 Å². The van der Waals surface area contributed by atoms with Crippen LogP contribution in [0.4, 0.5) is 4.39 Å². The Labute approximate surface area is 83.2 Å². The lowest BCUT2D eigenvalue weighted by Gasteiger charge is -2.01. The second kappa shape index (κ2) is 4.38. The molecule has 1 unspecified atom stereocenters. The number of halogens is 1. The van der Waals surface area contributed by atoms with Crippen LogP contribution in [-0.4, -0.2) is 12.7 Å². The highest BCUT2D eigenvalue weighted by Crippen LogP contribution is 2.15. The first-order chi connectivity index (χ1) is 6.86. The van der Waals surface area contributed by atoms with E-state index in [4.69, 9.17) is 4.74 Å². The monoisotopic (exact) mass is 192 g/mol. The van der Waals surface area contributed by atoms with Gasteiger partial charge in [0.1, 0.15) is 5.82 Å².